The van der Waals surface area contributed by atoms with Gasteiger partial charge in [0.05, 0.1) is 20.4 Å². The average molecular weight is 276 g/mol. The van der Waals surface area contributed by atoms with Crippen LogP contribution < -0.4 is 9.47 Å². The Bertz CT molecular complexity index is 573. The van der Waals surface area contributed by atoms with Gasteiger partial charge in [0.2, 0.25) is 0 Å². The average Bonchev–Trinajstić information content (AvgIpc) is 2.81. The van der Waals surface area contributed by atoms with Crippen LogP contribution >= 0.6 is 0 Å². The lowest BCUT2D eigenvalue weighted by atomic mass is 9.92. The van der Waals surface area contributed by atoms with Crippen LogP contribution in [-0.4, -0.2) is 29.1 Å². The number of rotatable bonds is 5. The molecular weight excluding hydrogens is 256 g/mol. The normalized spacial score (nSPS) is 13.8. The zero-order chi connectivity index (χ0) is 14.8. The summed E-state index contributed by atoms with van der Waals surface area (Å²) in [5.74, 6) is 1.39. The minimum Gasteiger partial charge on any atom is -0.497 e. The van der Waals surface area contributed by atoms with E-state index in [0.29, 0.717) is 17.9 Å². The van der Waals surface area contributed by atoms with Crippen LogP contribution in [0.25, 0.3) is 0 Å². The van der Waals surface area contributed by atoms with Crippen LogP contribution in [0.3, 0.4) is 0 Å². The second kappa shape index (κ2) is 5.54. The molecule has 0 saturated carbocycles. The molecule has 20 heavy (non-hydrogen) atoms. The van der Waals surface area contributed by atoms with Gasteiger partial charge in [-0.1, -0.05) is 12.1 Å². The van der Waals surface area contributed by atoms with E-state index in [1.54, 1.807) is 39.1 Å². The summed E-state index contributed by atoms with van der Waals surface area (Å²) in [6.07, 6.45) is 2.07. The van der Waals surface area contributed by atoms with Crippen LogP contribution in [0.2, 0.25) is 0 Å². The van der Waals surface area contributed by atoms with E-state index in [9.17, 15) is 5.11 Å². The zero-order valence-electron chi connectivity index (χ0n) is 12.3. The number of aromatic nitrogens is 2. The van der Waals surface area contributed by atoms with Crippen LogP contribution in [0.15, 0.2) is 30.5 Å². The van der Waals surface area contributed by atoms with Crippen molar-refractivity contribution in [3.8, 4) is 11.5 Å². The number of hydrogen-bond acceptors (Lipinski definition) is 4. The summed E-state index contributed by atoms with van der Waals surface area (Å²) in [5.41, 5.74) is 0.612. The van der Waals surface area contributed by atoms with Crippen molar-refractivity contribution < 1.29 is 14.6 Å². The molecule has 2 aromatic rings. The number of nitrogens with zero attached hydrogens (tertiary/aromatic N) is 2. The highest BCUT2D eigenvalue weighted by molar-refractivity contribution is 5.34. The Hall–Kier alpha value is -2.01. The monoisotopic (exact) mass is 276 g/mol. The Labute approximate surface area is 118 Å². The van der Waals surface area contributed by atoms with Gasteiger partial charge in [0.25, 0.3) is 0 Å². The minimum atomic E-state index is -1.06. The van der Waals surface area contributed by atoms with Gasteiger partial charge in [0.15, 0.2) is 5.75 Å². The van der Waals surface area contributed by atoms with Crippen LogP contribution in [0.1, 0.15) is 18.2 Å². The van der Waals surface area contributed by atoms with Gasteiger partial charge in [-0.15, -0.1) is 0 Å². The van der Waals surface area contributed by atoms with Crippen LogP contribution in [0, 0.1) is 0 Å². The fraction of sp³-hybridized carbons (Fsp3) is 0.400. The number of ether oxygens (including phenoxy) is 2. The van der Waals surface area contributed by atoms with Crippen molar-refractivity contribution in [2.24, 2.45) is 7.05 Å². The molecule has 108 valence electrons. The van der Waals surface area contributed by atoms with Crippen molar-refractivity contribution in [3.63, 3.8) is 0 Å². The molecule has 1 aromatic heterocycles. The summed E-state index contributed by atoms with van der Waals surface area (Å²) in [6, 6.07) is 7.64. The van der Waals surface area contributed by atoms with E-state index in [0.717, 1.165) is 11.3 Å². The molecule has 0 spiro atoms. The first-order valence-corrected chi connectivity index (χ1v) is 6.39. The summed E-state index contributed by atoms with van der Waals surface area (Å²) in [7, 11) is 5.00. The lowest BCUT2D eigenvalue weighted by Gasteiger charge is -2.24. The van der Waals surface area contributed by atoms with Gasteiger partial charge >= 0.3 is 0 Å². The molecule has 0 aliphatic heterocycles. The number of hydrogen-bond donors (Lipinski definition) is 1. The van der Waals surface area contributed by atoms with Crippen molar-refractivity contribution in [1.82, 2.24) is 9.78 Å². The van der Waals surface area contributed by atoms with Crippen molar-refractivity contribution in [3.05, 3.63) is 41.7 Å². The predicted molar refractivity (Wildman–Crippen MR) is 76.0 cm³/mol. The van der Waals surface area contributed by atoms with Crippen molar-refractivity contribution in [1.29, 1.82) is 0 Å². The number of aryl methyl sites for hydroxylation is 1. The number of benzene rings is 1. The lowest BCUT2D eigenvalue weighted by Crippen LogP contribution is -2.28. The molecule has 0 amide bonds. The van der Waals surface area contributed by atoms with E-state index in [1.807, 2.05) is 24.3 Å². The van der Waals surface area contributed by atoms with Gasteiger partial charge in [0.1, 0.15) is 17.0 Å². The first-order chi connectivity index (χ1) is 9.47. The standard InChI is InChI=1S/C15H20N2O3/c1-15(18,14-13(20-4)10-16-17(14)2)9-11-5-7-12(19-3)8-6-11/h5-8,10,18H,9H2,1-4H3. The SMILES string of the molecule is COc1ccc(CC(C)(O)c2c(OC)cnn2C)cc1. The second-order valence-corrected chi connectivity index (χ2v) is 4.98. The molecule has 5 nitrogen and oxygen atoms in total. The largest absolute Gasteiger partial charge is 0.497 e. The summed E-state index contributed by atoms with van der Waals surface area (Å²) in [6.45, 7) is 1.76. The lowest BCUT2D eigenvalue weighted by molar-refractivity contribution is 0.0463. The molecule has 0 fully saturated rings. The van der Waals surface area contributed by atoms with E-state index in [2.05, 4.69) is 5.10 Å². The molecule has 0 aliphatic carbocycles. The van der Waals surface area contributed by atoms with Gasteiger partial charge < -0.3 is 14.6 Å². The molecule has 5 heteroatoms. The maximum atomic E-state index is 10.8. The van der Waals surface area contributed by atoms with Crippen LogP contribution in [0.4, 0.5) is 0 Å². The molecular formula is C15H20N2O3. The topological polar surface area (TPSA) is 56.5 Å². The van der Waals surface area contributed by atoms with E-state index in [-0.39, 0.29) is 0 Å². The van der Waals surface area contributed by atoms with Crippen LogP contribution in [-0.2, 0) is 19.1 Å². The Kier molecular flexibility index (Phi) is 3.99. The van der Waals surface area contributed by atoms with E-state index in [4.69, 9.17) is 9.47 Å². The minimum absolute atomic E-state index is 0.465. The number of methoxy groups -OCH3 is 2. The Balaban J connectivity index is 2.27. The third-order valence-corrected chi connectivity index (χ3v) is 3.34. The van der Waals surface area contributed by atoms with Crippen molar-refractivity contribution in [2.75, 3.05) is 14.2 Å². The van der Waals surface area contributed by atoms with E-state index >= 15 is 0 Å². The van der Waals surface area contributed by atoms with Gasteiger partial charge in [-0.2, -0.15) is 5.10 Å². The molecule has 0 aliphatic rings. The van der Waals surface area contributed by atoms with Gasteiger partial charge in [-0.3, -0.25) is 4.68 Å². The summed E-state index contributed by atoms with van der Waals surface area (Å²) < 4.78 is 12.0. The molecule has 1 heterocycles. The molecule has 1 unspecified atom stereocenters. The fourth-order valence-corrected chi connectivity index (χ4v) is 2.41. The Morgan fingerprint density at radius 2 is 1.85 bits per heavy atom. The third kappa shape index (κ3) is 2.77. The highest BCUT2D eigenvalue weighted by Gasteiger charge is 2.31. The highest BCUT2D eigenvalue weighted by Crippen LogP contribution is 2.32. The smallest absolute Gasteiger partial charge is 0.162 e. The maximum Gasteiger partial charge on any atom is 0.162 e. The molecule has 1 atom stereocenters. The molecule has 1 aromatic carbocycles. The van der Waals surface area contributed by atoms with E-state index < -0.39 is 5.60 Å². The van der Waals surface area contributed by atoms with Crippen molar-refractivity contribution >= 4 is 0 Å². The molecule has 0 radical (unpaired) electrons. The molecule has 1 N–H and O–H groups in total. The first-order valence-electron chi connectivity index (χ1n) is 6.39. The molecule has 0 saturated heterocycles. The first kappa shape index (κ1) is 14.4. The second-order valence-electron chi connectivity index (χ2n) is 4.98. The zero-order valence-corrected chi connectivity index (χ0v) is 12.3. The summed E-state index contributed by atoms with van der Waals surface area (Å²) >= 11 is 0. The third-order valence-electron chi connectivity index (χ3n) is 3.34. The van der Waals surface area contributed by atoms with E-state index in [1.165, 1.54) is 0 Å². The maximum absolute atomic E-state index is 10.8. The van der Waals surface area contributed by atoms with Gasteiger partial charge in [-0.05, 0) is 24.6 Å². The van der Waals surface area contributed by atoms with Gasteiger partial charge in [0, 0.05) is 13.5 Å². The molecule has 0 bridgehead atoms. The summed E-state index contributed by atoms with van der Waals surface area (Å²) in [5, 5.41) is 14.9. The van der Waals surface area contributed by atoms with Crippen LogP contribution in [0.5, 0.6) is 11.5 Å². The number of aliphatic hydroxyl groups is 1. The predicted octanol–water partition coefficient (Wildman–Crippen LogP) is 1.89. The Morgan fingerprint density at radius 3 is 2.40 bits per heavy atom. The van der Waals surface area contributed by atoms with Gasteiger partial charge in [-0.25, -0.2) is 0 Å². The highest BCUT2D eigenvalue weighted by atomic mass is 16.5. The summed E-state index contributed by atoms with van der Waals surface area (Å²) in [4.78, 5) is 0. The fourth-order valence-electron chi connectivity index (χ4n) is 2.41. The Morgan fingerprint density at radius 1 is 1.20 bits per heavy atom. The molecule has 2 rings (SSSR count). The van der Waals surface area contributed by atoms with Crippen molar-refractivity contribution in [2.45, 2.75) is 18.9 Å². The quantitative estimate of drug-likeness (QED) is 0.906.